The number of fused-ring (bicyclic) bond motifs is 1. The highest BCUT2D eigenvalue weighted by molar-refractivity contribution is 6.40. The van der Waals surface area contributed by atoms with Crippen molar-refractivity contribution < 1.29 is 19.9 Å². The SMILES string of the molecule is NCCC(CCCCB(O)O)(C(=O)O)C1CCN(C2CCCc3ccccc32)CC1. The molecule has 0 spiro atoms. The number of aliphatic carboxylic acids is 1. The number of rotatable bonds is 10. The standard InChI is InChI=1S/C23H37BN2O4/c25-15-13-23(22(27)28,12-3-4-14-24(29)30)19-10-16-26(17-11-19)21-9-5-7-18-6-1-2-8-20(18)21/h1-2,6,8,19,21,29-30H,3-5,7,9-17,25H2,(H,27,28). The topological polar surface area (TPSA) is 107 Å². The van der Waals surface area contributed by atoms with Gasteiger partial charge in [0.25, 0.3) is 0 Å². The van der Waals surface area contributed by atoms with Gasteiger partial charge < -0.3 is 20.9 Å². The third-order valence-corrected chi connectivity index (χ3v) is 7.44. The molecule has 1 fully saturated rings. The predicted molar refractivity (Wildman–Crippen MR) is 119 cm³/mol. The van der Waals surface area contributed by atoms with Gasteiger partial charge in [-0.05, 0) is 87.9 Å². The van der Waals surface area contributed by atoms with Crippen molar-refractivity contribution in [1.82, 2.24) is 4.90 Å². The Kier molecular flexibility index (Phi) is 8.34. The fourth-order valence-electron chi connectivity index (χ4n) is 5.82. The number of hydrogen-bond donors (Lipinski definition) is 4. The molecule has 1 aliphatic carbocycles. The summed E-state index contributed by atoms with van der Waals surface area (Å²) in [4.78, 5) is 15.0. The second-order valence-corrected chi connectivity index (χ2v) is 9.14. The summed E-state index contributed by atoms with van der Waals surface area (Å²) in [5.41, 5.74) is 7.97. The van der Waals surface area contributed by atoms with Crippen LogP contribution in [0.5, 0.6) is 0 Å². The van der Waals surface area contributed by atoms with E-state index < -0.39 is 18.5 Å². The maximum absolute atomic E-state index is 12.4. The summed E-state index contributed by atoms with van der Waals surface area (Å²) in [6.45, 7) is 2.22. The third kappa shape index (κ3) is 5.25. The van der Waals surface area contributed by atoms with Crippen LogP contribution in [-0.2, 0) is 11.2 Å². The van der Waals surface area contributed by atoms with E-state index in [1.54, 1.807) is 0 Å². The summed E-state index contributed by atoms with van der Waals surface area (Å²) >= 11 is 0. The van der Waals surface area contributed by atoms with Gasteiger partial charge in [-0.2, -0.15) is 0 Å². The molecule has 1 heterocycles. The van der Waals surface area contributed by atoms with Crippen LogP contribution in [0.15, 0.2) is 24.3 Å². The molecule has 1 saturated heterocycles. The Bertz CT molecular complexity index is 694. The van der Waals surface area contributed by atoms with Gasteiger partial charge in [0.15, 0.2) is 0 Å². The zero-order valence-electron chi connectivity index (χ0n) is 18.0. The number of aryl methyl sites for hydroxylation is 1. The average Bonchev–Trinajstić information content (AvgIpc) is 2.75. The van der Waals surface area contributed by atoms with Gasteiger partial charge >= 0.3 is 13.1 Å². The molecule has 6 nitrogen and oxygen atoms in total. The fraction of sp³-hybridized carbons (Fsp3) is 0.696. The van der Waals surface area contributed by atoms with E-state index in [-0.39, 0.29) is 12.2 Å². The number of unbranched alkanes of at least 4 members (excludes halogenated alkanes) is 1. The molecular weight excluding hydrogens is 379 g/mol. The second-order valence-electron chi connectivity index (χ2n) is 9.14. The minimum atomic E-state index is -1.32. The maximum Gasteiger partial charge on any atom is 0.451 e. The minimum absolute atomic E-state index is 0.118. The predicted octanol–water partition coefficient (Wildman–Crippen LogP) is 2.84. The van der Waals surface area contributed by atoms with Crippen LogP contribution in [0, 0.1) is 11.3 Å². The highest BCUT2D eigenvalue weighted by Crippen LogP contribution is 2.45. The van der Waals surface area contributed by atoms with Crippen LogP contribution in [0.3, 0.4) is 0 Å². The van der Waals surface area contributed by atoms with Crippen molar-refractivity contribution in [3.05, 3.63) is 35.4 Å². The molecule has 1 aromatic carbocycles. The van der Waals surface area contributed by atoms with Gasteiger partial charge in [-0.15, -0.1) is 0 Å². The van der Waals surface area contributed by atoms with Crippen LogP contribution in [0.1, 0.15) is 68.5 Å². The zero-order chi connectivity index (χ0) is 21.6. The monoisotopic (exact) mass is 416 g/mol. The van der Waals surface area contributed by atoms with Crippen molar-refractivity contribution in [3.63, 3.8) is 0 Å². The van der Waals surface area contributed by atoms with Gasteiger partial charge in [0.05, 0.1) is 5.41 Å². The largest absolute Gasteiger partial charge is 0.481 e. The van der Waals surface area contributed by atoms with Gasteiger partial charge in [0, 0.05) is 6.04 Å². The molecule has 0 radical (unpaired) electrons. The van der Waals surface area contributed by atoms with Crippen LogP contribution in [0.4, 0.5) is 0 Å². The lowest BCUT2D eigenvalue weighted by atomic mass is 9.65. The molecule has 2 unspecified atom stereocenters. The molecule has 166 valence electrons. The van der Waals surface area contributed by atoms with E-state index in [9.17, 15) is 9.90 Å². The van der Waals surface area contributed by atoms with Crippen molar-refractivity contribution in [2.45, 2.75) is 70.1 Å². The smallest absolute Gasteiger partial charge is 0.451 e. The number of likely N-dealkylation sites (tertiary alicyclic amines) is 1. The first-order chi connectivity index (χ1) is 14.5. The first-order valence-corrected chi connectivity index (χ1v) is 11.6. The Labute approximate surface area is 180 Å². The number of carboxylic acids is 1. The van der Waals surface area contributed by atoms with E-state index in [4.69, 9.17) is 15.8 Å². The molecule has 0 amide bonds. The molecule has 0 bridgehead atoms. The summed E-state index contributed by atoms with van der Waals surface area (Å²) < 4.78 is 0. The first kappa shape index (κ1) is 23.3. The van der Waals surface area contributed by atoms with Crippen LogP contribution in [0.2, 0.25) is 6.32 Å². The van der Waals surface area contributed by atoms with E-state index >= 15 is 0 Å². The molecule has 2 atom stereocenters. The Hall–Kier alpha value is -1.41. The number of carbonyl (C=O) groups is 1. The van der Waals surface area contributed by atoms with Gasteiger partial charge in [-0.25, -0.2) is 0 Å². The molecule has 1 aliphatic heterocycles. The van der Waals surface area contributed by atoms with Crippen LogP contribution in [-0.4, -0.2) is 52.8 Å². The molecule has 2 aliphatic rings. The Morgan fingerprint density at radius 2 is 1.87 bits per heavy atom. The van der Waals surface area contributed by atoms with Crippen LogP contribution >= 0.6 is 0 Å². The number of hydrogen-bond acceptors (Lipinski definition) is 5. The first-order valence-electron chi connectivity index (χ1n) is 11.6. The molecule has 0 saturated carbocycles. The zero-order valence-corrected chi connectivity index (χ0v) is 18.0. The van der Waals surface area contributed by atoms with E-state index in [0.717, 1.165) is 32.4 Å². The van der Waals surface area contributed by atoms with Crippen molar-refractivity contribution in [3.8, 4) is 0 Å². The van der Waals surface area contributed by atoms with Crippen molar-refractivity contribution in [1.29, 1.82) is 0 Å². The quantitative estimate of drug-likeness (QED) is 0.345. The van der Waals surface area contributed by atoms with Crippen molar-refractivity contribution in [2.24, 2.45) is 17.1 Å². The van der Waals surface area contributed by atoms with Gasteiger partial charge in [-0.3, -0.25) is 9.69 Å². The summed E-state index contributed by atoms with van der Waals surface area (Å²) in [5, 5.41) is 28.4. The van der Waals surface area contributed by atoms with E-state index in [2.05, 4.69) is 29.2 Å². The van der Waals surface area contributed by atoms with Crippen molar-refractivity contribution >= 4 is 13.1 Å². The Morgan fingerprint density at radius 3 is 2.53 bits per heavy atom. The lowest BCUT2D eigenvalue weighted by molar-refractivity contribution is -0.155. The maximum atomic E-state index is 12.4. The van der Waals surface area contributed by atoms with Crippen LogP contribution < -0.4 is 5.73 Å². The van der Waals surface area contributed by atoms with Gasteiger partial charge in [-0.1, -0.05) is 37.1 Å². The number of piperidine rings is 1. The molecule has 30 heavy (non-hydrogen) atoms. The molecule has 3 rings (SSSR count). The van der Waals surface area contributed by atoms with Crippen molar-refractivity contribution in [2.75, 3.05) is 19.6 Å². The number of nitrogens with zero attached hydrogens (tertiary/aromatic N) is 1. The van der Waals surface area contributed by atoms with Gasteiger partial charge in [0.2, 0.25) is 0 Å². The normalized spacial score (nSPS) is 22.3. The molecule has 7 heteroatoms. The van der Waals surface area contributed by atoms with E-state index in [1.165, 1.54) is 24.0 Å². The molecule has 1 aromatic rings. The Balaban J connectivity index is 1.66. The highest BCUT2D eigenvalue weighted by Gasteiger charge is 2.46. The molecular formula is C23H37BN2O4. The summed E-state index contributed by atoms with van der Waals surface area (Å²) in [5.74, 6) is -0.619. The summed E-state index contributed by atoms with van der Waals surface area (Å²) in [6, 6.07) is 9.21. The van der Waals surface area contributed by atoms with Crippen LogP contribution in [0.25, 0.3) is 0 Å². The number of carboxylic acid groups (broad SMARTS) is 1. The summed E-state index contributed by atoms with van der Waals surface area (Å²) in [6.07, 6.45) is 7.95. The van der Waals surface area contributed by atoms with Gasteiger partial charge in [0.1, 0.15) is 0 Å². The van der Waals surface area contributed by atoms with E-state index in [1.807, 2.05) is 0 Å². The number of benzene rings is 1. The second kappa shape index (κ2) is 10.8. The van der Waals surface area contributed by atoms with E-state index in [0.29, 0.717) is 38.3 Å². The molecule has 5 N–H and O–H groups in total. The Morgan fingerprint density at radius 1 is 1.13 bits per heavy atom. The number of nitrogens with two attached hydrogens (primary N) is 1. The lowest BCUT2D eigenvalue weighted by Gasteiger charge is -2.45. The average molecular weight is 416 g/mol. The summed E-state index contributed by atoms with van der Waals surface area (Å²) in [7, 11) is -1.32. The minimum Gasteiger partial charge on any atom is -0.481 e. The molecule has 0 aromatic heterocycles. The lowest BCUT2D eigenvalue weighted by Crippen LogP contribution is -2.47. The third-order valence-electron chi connectivity index (χ3n) is 7.44. The highest BCUT2D eigenvalue weighted by atomic mass is 16.4. The fourth-order valence-corrected chi connectivity index (χ4v) is 5.82.